The summed E-state index contributed by atoms with van der Waals surface area (Å²) in [6, 6.07) is 8.06. The summed E-state index contributed by atoms with van der Waals surface area (Å²) in [6.07, 6.45) is 7.91. The van der Waals surface area contributed by atoms with Crippen LogP contribution in [0.1, 0.15) is 57.1 Å². The van der Waals surface area contributed by atoms with Gasteiger partial charge in [0, 0.05) is 17.8 Å². The van der Waals surface area contributed by atoms with Crippen molar-refractivity contribution in [3.63, 3.8) is 0 Å². The van der Waals surface area contributed by atoms with E-state index in [-0.39, 0.29) is 0 Å². The van der Waals surface area contributed by atoms with Crippen molar-refractivity contribution in [2.75, 3.05) is 11.9 Å². The van der Waals surface area contributed by atoms with E-state index in [2.05, 4.69) is 11.4 Å². The van der Waals surface area contributed by atoms with Crippen molar-refractivity contribution in [2.24, 2.45) is 5.92 Å². The number of hydrogen-bond donors (Lipinski definition) is 2. The molecule has 0 heterocycles. The van der Waals surface area contributed by atoms with E-state index in [9.17, 15) is 5.11 Å². The van der Waals surface area contributed by atoms with E-state index in [1.165, 1.54) is 38.5 Å². The number of anilines is 1. The summed E-state index contributed by atoms with van der Waals surface area (Å²) in [5.74, 6) is 0.907. The lowest BCUT2D eigenvalue weighted by Gasteiger charge is -2.22. The Bertz CT molecular complexity index is 356. The van der Waals surface area contributed by atoms with Crippen LogP contribution in [0.4, 0.5) is 5.69 Å². The van der Waals surface area contributed by atoms with E-state index in [0.717, 1.165) is 23.7 Å². The lowest BCUT2D eigenvalue weighted by Crippen LogP contribution is -2.13. The lowest BCUT2D eigenvalue weighted by molar-refractivity contribution is 0.200. The van der Waals surface area contributed by atoms with Crippen LogP contribution < -0.4 is 5.32 Å². The minimum absolute atomic E-state index is 0.400. The molecule has 0 saturated heterocycles. The Morgan fingerprint density at radius 3 is 2.67 bits per heavy atom. The zero-order valence-corrected chi connectivity index (χ0v) is 11.4. The Morgan fingerprint density at radius 1 is 1.22 bits per heavy atom. The number of nitrogens with one attached hydrogen (secondary N) is 1. The topological polar surface area (TPSA) is 32.3 Å². The standard InChI is InChI=1S/C16H25NO/c1-13(18)15-9-5-6-10-16(15)17-12-11-14-7-3-2-4-8-14/h5-6,9-10,13-14,17-18H,2-4,7-8,11-12H2,1H3. The molecule has 0 aliphatic heterocycles. The minimum Gasteiger partial charge on any atom is -0.389 e. The number of hydrogen-bond acceptors (Lipinski definition) is 2. The Hall–Kier alpha value is -1.02. The van der Waals surface area contributed by atoms with Gasteiger partial charge < -0.3 is 10.4 Å². The molecule has 18 heavy (non-hydrogen) atoms. The highest BCUT2D eigenvalue weighted by molar-refractivity contribution is 5.51. The van der Waals surface area contributed by atoms with Crippen molar-refractivity contribution < 1.29 is 5.11 Å². The highest BCUT2D eigenvalue weighted by Gasteiger charge is 2.13. The van der Waals surface area contributed by atoms with Gasteiger partial charge in [-0.3, -0.25) is 0 Å². The van der Waals surface area contributed by atoms with Gasteiger partial charge in [0.25, 0.3) is 0 Å². The predicted octanol–water partition coefficient (Wildman–Crippen LogP) is 4.12. The molecule has 1 saturated carbocycles. The quantitative estimate of drug-likeness (QED) is 0.820. The van der Waals surface area contributed by atoms with Gasteiger partial charge in [0.2, 0.25) is 0 Å². The van der Waals surface area contributed by atoms with Crippen LogP contribution in [0.3, 0.4) is 0 Å². The molecule has 0 radical (unpaired) electrons. The third-order valence-electron chi connectivity index (χ3n) is 4.00. The van der Waals surface area contributed by atoms with Crippen molar-refractivity contribution in [1.82, 2.24) is 0 Å². The molecule has 2 heteroatoms. The molecular formula is C16H25NO. The number of rotatable bonds is 5. The smallest absolute Gasteiger partial charge is 0.0781 e. The molecule has 1 aliphatic carbocycles. The second-order valence-corrected chi connectivity index (χ2v) is 5.48. The molecule has 1 unspecified atom stereocenters. The lowest BCUT2D eigenvalue weighted by atomic mass is 9.87. The summed E-state index contributed by atoms with van der Waals surface area (Å²) in [5.41, 5.74) is 2.09. The molecule has 2 N–H and O–H groups in total. The molecule has 0 spiro atoms. The molecule has 2 nitrogen and oxygen atoms in total. The maximum Gasteiger partial charge on any atom is 0.0781 e. The average molecular weight is 247 g/mol. The summed E-state index contributed by atoms with van der Waals surface area (Å²) in [4.78, 5) is 0. The zero-order chi connectivity index (χ0) is 12.8. The SMILES string of the molecule is CC(O)c1ccccc1NCCC1CCCCC1. The van der Waals surface area contributed by atoms with Crippen LogP contribution in [0.2, 0.25) is 0 Å². The van der Waals surface area contributed by atoms with E-state index < -0.39 is 6.10 Å². The first-order valence-corrected chi connectivity index (χ1v) is 7.28. The largest absolute Gasteiger partial charge is 0.389 e. The van der Waals surface area contributed by atoms with Gasteiger partial charge in [-0.25, -0.2) is 0 Å². The third kappa shape index (κ3) is 3.74. The van der Waals surface area contributed by atoms with Gasteiger partial charge in [0.1, 0.15) is 0 Å². The number of benzene rings is 1. The number of aliphatic hydroxyl groups is 1. The molecule has 0 aromatic heterocycles. The molecule has 1 aromatic rings. The van der Waals surface area contributed by atoms with Crippen LogP contribution in [-0.4, -0.2) is 11.7 Å². The number of aliphatic hydroxyl groups excluding tert-OH is 1. The maximum absolute atomic E-state index is 9.71. The van der Waals surface area contributed by atoms with Crippen LogP contribution in [0.5, 0.6) is 0 Å². The van der Waals surface area contributed by atoms with Crippen molar-refractivity contribution in [3.8, 4) is 0 Å². The van der Waals surface area contributed by atoms with Crippen LogP contribution in [0, 0.1) is 5.92 Å². The molecule has 100 valence electrons. The Labute approximate surface area is 110 Å². The van der Waals surface area contributed by atoms with Gasteiger partial charge in [-0.05, 0) is 25.3 Å². The second-order valence-electron chi connectivity index (χ2n) is 5.48. The highest BCUT2D eigenvalue weighted by Crippen LogP contribution is 2.27. The highest BCUT2D eigenvalue weighted by atomic mass is 16.3. The Balaban J connectivity index is 1.82. The van der Waals surface area contributed by atoms with E-state index >= 15 is 0 Å². The van der Waals surface area contributed by atoms with Crippen molar-refractivity contribution >= 4 is 5.69 Å². The third-order valence-corrected chi connectivity index (χ3v) is 4.00. The molecule has 0 bridgehead atoms. The van der Waals surface area contributed by atoms with E-state index in [1.807, 2.05) is 25.1 Å². The van der Waals surface area contributed by atoms with Gasteiger partial charge in [-0.2, -0.15) is 0 Å². The summed E-state index contributed by atoms with van der Waals surface area (Å²) in [7, 11) is 0. The first kappa shape index (κ1) is 13.4. The van der Waals surface area contributed by atoms with Crippen LogP contribution in [0.25, 0.3) is 0 Å². The first-order valence-electron chi connectivity index (χ1n) is 7.28. The maximum atomic E-state index is 9.71. The van der Waals surface area contributed by atoms with Crippen LogP contribution in [-0.2, 0) is 0 Å². The summed E-state index contributed by atoms with van der Waals surface area (Å²) < 4.78 is 0. The zero-order valence-electron chi connectivity index (χ0n) is 11.4. The van der Waals surface area contributed by atoms with E-state index in [4.69, 9.17) is 0 Å². The van der Waals surface area contributed by atoms with Crippen molar-refractivity contribution in [3.05, 3.63) is 29.8 Å². The van der Waals surface area contributed by atoms with E-state index in [0.29, 0.717) is 0 Å². The average Bonchev–Trinajstić information content (AvgIpc) is 2.40. The summed E-state index contributed by atoms with van der Waals surface area (Å²) in [5, 5.41) is 13.2. The summed E-state index contributed by atoms with van der Waals surface area (Å²) in [6.45, 7) is 2.84. The van der Waals surface area contributed by atoms with Gasteiger partial charge in [-0.1, -0.05) is 50.3 Å². The molecular weight excluding hydrogens is 222 g/mol. The second kappa shape index (κ2) is 6.79. The van der Waals surface area contributed by atoms with Crippen LogP contribution in [0.15, 0.2) is 24.3 Å². The normalized spacial score (nSPS) is 18.6. The van der Waals surface area contributed by atoms with Gasteiger partial charge >= 0.3 is 0 Å². The van der Waals surface area contributed by atoms with Gasteiger partial charge in [0.15, 0.2) is 0 Å². The fourth-order valence-electron chi connectivity index (χ4n) is 2.91. The first-order chi connectivity index (χ1) is 8.77. The Morgan fingerprint density at radius 2 is 1.94 bits per heavy atom. The number of para-hydroxylation sites is 1. The summed E-state index contributed by atoms with van der Waals surface area (Å²) >= 11 is 0. The van der Waals surface area contributed by atoms with Crippen LogP contribution >= 0.6 is 0 Å². The predicted molar refractivity (Wildman–Crippen MR) is 76.8 cm³/mol. The molecule has 1 aromatic carbocycles. The molecule has 1 fully saturated rings. The van der Waals surface area contributed by atoms with Crippen molar-refractivity contribution in [2.45, 2.75) is 51.6 Å². The molecule has 2 rings (SSSR count). The van der Waals surface area contributed by atoms with Crippen molar-refractivity contribution in [1.29, 1.82) is 0 Å². The Kier molecular flexibility index (Phi) is 5.06. The fourth-order valence-corrected chi connectivity index (χ4v) is 2.91. The van der Waals surface area contributed by atoms with Gasteiger partial charge in [0.05, 0.1) is 6.10 Å². The monoisotopic (exact) mass is 247 g/mol. The molecule has 1 atom stereocenters. The van der Waals surface area contributed by atoms with E-state index in [1.54, 1.807) is 0 Å². The molecule has 1 aliphatic rings. The van der Waals surface area contributed by atoms with Gasteiger partial charge in [-0.15, -0.1) is 0 Å². The molecule has 0 amide bonds. The fraction of sp³-hybridized carbons (Fsp3) is 0.625. The minimum atomic E-state index is -0.400.